The number of nitrogens with one attached hydrogen (secondary N) is 2. The summed E-state index contributed by atoms with van der Waals surface area (Å²) in [6.45, 7) is 13.3. The number of carbonyl (C=O) groups is 1. The third-order valence-electron chi connectivity index (χ3n) is 3.17. The van der Waals surface area contributed by atoms with Crippen LogP contribution in [0, 0.1) is 0 Å². The van der Waals surface area contributed by atoms with Crippen molar-refractivity contribution in [2.45, 2.75) is 77.7 Å². The molecule has 1 amide bonds. The van der Waals surface area contributed by atoms with Gasteiger partial charge in [-0.2, -0.15) is 0 Å². The molecule has 2 N–H and O–H groups in total. The Morgan fingerprint density at radius 1 is 1.45 bits per heavy atom. The molecule has 0 saturated carbocycles. The van der Waals surface area contributed by atoms with Gasteiger partial charge in [-0.15, -0.1) is 0 Å². The average Bonchev–Trinajstić information content (AvgIpc) is 2.22. The number of hydrogen-bond donors (Lipinski definition) is 2. The zero-order valence-corrected chi connectivity index (χ0v) is 13.7. The van der Waals surface area contributed by atoms with Crippen LogP contribution in [-0.2, 0) is 9.47 Å². The number of rotatable bonds is 4. The fourth-order valence-corrected chi connectivity index (χ4v) is 2.31. The lowest BCUT2D eigenvalue weighted by Gasteiger charge is -2.36. The Morgan fingerprint density at radius 2 is 2.10 bits per heavy atom. The lowest BCUT2D eigenvalue weighted by atomic mass is 9.94. The molecule has 0 aromatic heterocycles. The van der Waals surface area contributed by atoms with E-state index in [4.69, 9.17) is 9.47 Å². The molecule has 5 nitrogen and oxygen atoms in total. The molecule has 0 aromatic rings. The van der Waals surface area contributed by atoms with Gasteiger partial charge in [0.15, 0.2) is 0 Å². The second-order valence-electron chi connectivity index (χ2n) is 7.25. The molecule has 118 valence electrons. The van der Waals surface area contributed by atoms with Crippen molar-refractivity contribution in [3.05, 3.63) is 0 Å². The molecule has 0 spiro atoms. The second kappa shape index (κ2) is 6.76. The first kappa shape index (κ1) is 17.2. The molecule has 2 atom stereocenters. The molecule has 1 aliphatic heterocycles. The lowest BCUT2D eigenvalue weighted by molar-refractivity contribution is -0.0630. The number of carbonyl (C=O) groups excluding carboxylic acids is 1. The van der Waals surface area contributed by atoms with Crippen molar-refractivity contribution >= 4 is 6.09 Å². The number of alkyl carbamates (subject to hydrolysis) is 1. The molecule has 1 saturated heterocycles. The highest BCUT2D eigenvalue weighted by Crippen LogP contribution is 2.23. The summed E-state index contributed by atoms with van der Waals surface area (Å²) in [7, 11) is 0. The summed E-state index contributed by atoms with van der Waals surface area (Å²) in [4.78, 5) is 11.6. The maximum Gasteiger partial charge on any atom is 0.407 e. The van der Waals surface area contributed by atoms with Crippen LogP contribution >= 0.6 is 0 Å². The van der Waals surface area contributed by atoms with Crippen molar-refractivity contribution in [1.29, 1.82) is 0 Å². The highest BCUT2D eigenvalue weighted by atomic mass is 16.6. The van der Waals surface area contributed by atoms with Gasteiger partial charge in [-0.05, 0) is 54.4 Å². The summed E-state index contributed by atoms with van der Waals surface area (Å²) in [5, 5.41) is 6.34. The van der Waals surface area contributed by atoms with Gasteiger partial charge in [0.2, 0.25) is 0 Å². The molecule has 1 heterocycles. The zero-order valence-electron chi connectivity index (χ0n) is 13.7. The fraction of sp³-hybridized carbons (Fsp3) is 0.933. The normalized spacial score (nSPS) is 24.0. The van der Waals surface area contributed by atoms with E-state index in [2.05, 4.69) is 24.5 Å². The molecule has 0 aliphatic carbocycles. The second-order valence-corrected chi connectivity index (χ2v) is 7.25. The van der Waals surface area contributed by atoms with Crippen molar-refractivity contribution in [2.24, 2.45) is 0 Å². The molecule has 0 bridgehead atoms. The molecule has 1 aliphatic rings. The highest BCUT2D eigenvalue weighted by Gasteiger charge is 2.28. The number of ether oxygens (including phenoxy) is 2. The van der Waals surface area contributed by atoms with Crippen LogP contribution < -0.4 is 10.6 Å². The number of amides is 1. The van der Waals surface area contributed by atoms with Gasteiger partial charge in [0.1, 0.15) is 5.60 Å². The van der Waals surface area contributed by atoms with E-state index in [1.165, 1.54) is 0 Å². The predicted octanol–water partition coefficient (Wildman–Crippen LogP) is 2.45. The lowest BCUT2D eigenvalue weighted by Crippen LogP contribution is -2.48. The fourth-order valence-electron chi connectivity index (χ4n) is 2.31. The molecule has 0 aromatic carbocycles. The van der Waals surface area contributed by atoms with Crippen molar-refractivity contribution in [1.82, 2.24) is 10.6 Å². The molecule has 5 heteroatoms. The largest absolute Gasteiger partial charge is 0.444 e. The summed E-state index contributed by atoms with van der Waals surface area (Å²) >= 11 is 0. The van der Waals surface area contributed by atoms with Crippen LogP contribution in [0.4, 0.5) is 4.79 Å². The van der Waals surface area contributed by atoms with E-state index >= 15 is 0 Å². The minimum Gasteiger partial charge on any atom is -0.444 e. The van der Waals surface area contributed by atoms with Crippen LogP contribution in [0.2, 0.25) is 0 Å². The first-order chi connectivity index (χ1) is 9.07. The van der Waals surface area contributed by atoms with E-state index in [-0.39, 0.29) is 17.7 Å². The van der Waals surface area contributed by atoms with Gasteiger partial charge in [0.25, 0.3) is 0 Å². The van der Waals surface area contributed by atoms with E-state index in [1.807, 2.05) is 27.7 Å². The minimum atomic E-state index is -0.456. The Kier molecular flexibility index (Phi) is 5.83. The van der Waals surface area contributed by atoms with Crippen LogP contribution in [-0.4, -0.2) is 42.5 Å². The molecular weight excluding hydrogens is 256 g/mol. The van der Waals surface area contributed by atoms with Gasteiger partial charge in [0.05, 0.1) is 5.60 Å². The smallest absolute Gasteiger partial charge is 0.407 e. The predicted molar refractivity (Wildman–Crippen MR) is 79.9 cm³/mol. The Bertz CT molecular complexity index is 324. The monoisotopic (exact) mass is 286 g/mol. The Morgan fingerprint density at radius 3 is 2.65 bits per heavy atom. The maximum absolute atomic E-state index is 11.6. The summed E-state index contributed by atoms with van der Waals surface area (Å²) in [6, 6.07) is 0.484. The van der Waals surface area contributed by atoms with Crippen LogP contribution in [0.5, 0.6) is 0 Å². The van der Waals surface area contributed by atoms with E-state index in [0.717, 1.165) is 26.0 Å². The molecule has 1 rings (SSSR count). The topological polar surface area (TPSA) is 59.6 Å². The SMILES string of the molecule is CC(CNC1CCOC(C)(C)C1)NC(=O)OC(C)(C)C. The standard InChI is InChI=1S/C15H30N2O3/c1-11(17-13(18)20-14(2,3)4)10-16-12-7-8-19-15(5,6)9-12/h11-12,16H,7-10H2,1-6H3,(H,17,18). The van der Waals surface area contributed by atoms with Gasteiger partial charge in [-0.3, -0.25) is 0 Å². The molecule has 20 heavy (non-hydrogen) atoms. The summed E-state index contributed by atoms with van der Waals surface area (Å²) in [5.41, 5.74) is -0.514. The Hall–Kier alpha value is -0.810. The minimum absolute atomic E-state index is 0.0378. The van der Waals surface area contributed by atoms with Gasteiger partial charge < -0.3 is 20.1 Å². The van der Waals surface area contributed by atoms with E-state index in [9.17, 15) is 4.79 Å². The summed E-state index contributed by atoms with van der Waals surface area (Å²) in [5.74, 6) is 0. The first-order valence-electron chi connectivity index (χ1n) is 7.44. The molecule has 2 unspecified atom stereocenters. The summed E-state index contributed by atoms with van der Waals surface area (Å²) in [6.07, 6.45) is 1.65. The van der Waals surface area contributed by atoms with Crippen LogP contribution in [0.1, 0.15) is 54.4 Å². The molecular formula is C15H30N2O3. The average molecular weight is 286 g/mol. The summed E-state index contributed by atoms with van der Waals surface area (Å²) < 4.78 is 10.9. The van der Waals surface area contributed by atoms with E-state index in [0.29, 0.717) is 6.04 Å². The molecule has 1 fully saturated rings. The Labute approximate surface area is 122 Å². The van der Waals surface area contributed by atoms with Crippen molar-refractivity contribution in [2.75, 3.05) is 13.2 Å². The zero-order chi connectivity index (χ0) is 15.4. The van der Waals surface area contributed by atoms with Gasteiger partial charge >= 0.3 is 6.09 Å². The maximum atomic E-state index is 11.6. The van der Waals surface area contributed by atoms with Gasteiger partial charge in [0, 0.05) is 25.2 Å². The van der Waals surface area contributed by atoms with Crippen LogP contribution in [0.25, 0.3) is 0 Å². The van der Waals surface area contributed by atoms with Crippen LogP contribution in [0.3, 0.4) is 0 Å². The highest BCUT2D eigenvalue weighted by molar-refractivity contribution is 5.68. The van der Waals surface area contributed by atoms with Gasteiger partial charge in [-0.25, -0.2) is 4.79 Å². The van der Waals surface area contributed by atoms with Gasteiger partial charge in [-0.1, -0.05) is 0 Å². The Balaban J connectivity index is 2.26. The van der Waals surface area contributed by atoms with Crippen LogP contribution in [0.15, 0.2) is 0 Å². The van der Waals surface area contributed by atoms with Crippen molar-refractivity contribution in [3.63, 3.8) is 0 Å². The third-order valence-corrected chi connectivity index (χ3v) is 3.17. The third kappa shape index (κ3) is 7.10. The van der Waals surface area contributed by atoms with Crippen molar-refractivity contribution < 1.29 is 14.3 Å². The van der Waals surface area contributed by atoms with E-state index < -0.39 is 5.60 Å². The first-order valence-corrected chi connectivity index (χ1v) is 7.44. The molecule has 0 radical (unpaired) electrons. The van der Waals surface area contributed by atoms with Crippen molar-refractivity contribution in [3.8, 4) is 0 Å². The number of hydrogen-bond acceptors (Lipinski definition) is 4. The van der Waals surface area contributed by atoms with E-state index in [1.54, 1.807) is 0 Å². The quantitative estimate of drug-likeness (QED) is 0.833.